The lowest BCUT2D eigenvalue weighted by atomic mass is 10.1. The monoisotopic (exact) mass is 367 g/mol. The Morgan fingerprint density at radius 3 is 2.62 bits per heavy atom. The SMILES string of the molecule is Cc1ccc(N2CC(c3nc(-c4ccc(Cl)cc4)no3)CC2=O)cc1C. The largest absolute Gasteiger partial charge is 0.339 e. The van der Waals surface area contributed by atoms with Crippen molar-refractivity contribution in [2.24, 2.45) is 0 Å². The zero-order chi connectivity index (χ0) is 18.3. The summed E-state index contributed by atoms with van der Waals surface area (Å²) in [6.45, 7) is 4.65. The maximum absolute atomic E-state index is 12.5. The van der Waals surface area contributed by atoms with Crippen LogP contribution in [0.15, 0.2) is 47.0 Å². The zero-order valence-electron chi connectivity index (χ0n) is 14.6. The van der Waals surface area contributed by atoms with Gasteiger partial charge in [-0.15, -0.1) is 0 Å². The van der Waals surface area contributed by atoms with E-state index >= 15 is 0 Å². The highest BCUT2D eigenvalue weighted by Gasteiger charge is 2.35. The summed E-state index contributed by atoms with van der Waals surface area (Å²) in [7, 11) is 0. The molecule has 1 atom stereocenters. The number of aromatic nitrogens is 2. The average Bonchev–Trinajstić information content (AvgIpc) is 3.25. The van der Waals surface area contributed by atoms with Gasteiger partial charge >= 0.3 is 0 Å². The van der Waals surface area contributed by atoms with E-state index < -0.39 is 0 Å². The Labute approximate surface area is 156 Å². The van der Waals surface area contributed by atoms with Gasteiger partial charge in [-0.1, -0.05) is 22.8 Å². The molecule has 26 heavy (non-hydrogen) atoms. The molecule has 6 heteroatoms. The molecule has 3 aromatic rings. The van der Waals surface area contributed by atoms with E-state index in [2.05, 4.69) is 17.1 Å². The van der Waals surface area contributed by atoms with Gasteiger partial charge in [0.25, 0.3) is 0 Å². The fraction of sp³-hybridized carbons (Fsp3) is 0.250. The lowest BCUT2D eigenvalue weighted by Crippen LogP contribution is -2.24. The summed E-state index contributed by atoms with van der Waals surface area (Å²) < 4.78 is 5.44. The van der Waals surface area contributed by atoms with Crippen LogP contribution in [0, 0.1) is 13.8 Å². The fourth-order valence-corrected chi connectivity index (χ4v) is 3.26. The Balaban J connectivity index is 1.55. The number of halogens is 1. The van der Waals surface area contributed by atoms with E-state index in [-0.39, 0.29) is 11.8 Å². The third-order valence-electron chi connectivity index (χ3n) is 4.82. The van der Waals surface area contributed by atoms with Gasteiger partial charge in [0, 0.05) is 29.2 Å². The molecule has 5 nitrogen and oxygen atoms in total. The van der Waals surface area contributed by atoms with Crippen molar-refractivity contribution in [1.29, 1.82) is 0 Å². The fourth-order valence-electron chi connectivity index (χ4n) is 3.13. The topological polar surface area (TPSA) is 59.2 Å². The van der Waals surface area contributed by atoms with Crippen molar-refractivity contribution in [3.63, 3.8) is 0 Å². The Bertz CT molecular complexity index is 965. The maximum atomic E-state index is 12.5. The van der Waals surface area contributed by atoms with Crippen LogP contribution in [-0.2, 0) is 4.79 Å². The molecule has 1 unspecified atom stereocenters. The molecule has 2 heterocycles. The summed E-state index contributed by atoms with van der Waals surface area (Å²) in [5, 5.41) is 4.71. The van der Waals surface area contributed by atoms with Crippen LogP contribution >= 0.6 is 11.6 Å². The molecule has 0 aliphatic carbocycles. The van der Waals surface area contributed by atoms with E-state index in [1.807, 2.05) is 37.3 Å². The summed E-state index contributed by atoms with van der Waals surface area (Å²) >= 11 is 5.91. The van der Waals surface area contributed by atoms with Gasteiger partial charge in [-0.2, -0.15) is 4.98 Å². The van der Waals surface area contributed by atoms with E-state index in [1.165, 1.54) is 11.1 Å². The number of hydrogen-bond acceptors (Lipinski definition) is 4. The van der Waals surface area contributed by atoms with Crippen LogP contribution in [0.1, 0.15) is 29.4 Å². The molecule has 1 aromatic heterocycles. The van der Waals surface area contributed by atoms with Gasteiger partial charge in [0.1, 0.15) is 0 Å². The van der Waals surface area contributed by atoms with Gasteiger partial charge in [0.05, 0.1) is 5.92 Å². The minimum Gasteiger partial charge on any atom is -0.339 e. The molecule has 0 radical (unpaired) electrons. The van der Waals surface area contributed by atoms with Crippen LogP contribution in [0.5, 0.6) is 0 Å². The zero-order valence-corrected chi connectivity index (χ0v) is 15.3. The van der Waals surface area contributed by atoms with Crippen molar-refractivity contribution < 1.29 is 9.32 Å². The van der Waals surface area contributed by atoms with E-state index in [1.54, 1.807) is 17.0 Å². The van der Waals surface area contributed by atoms with E-state index in [4.69, 9.17) is 16.1 Å². The third-order valence-corrected chi connectivity index (χ3v) is 5.07. The summed E-state index contributed by atoms with van der Waals surface area (Å²) in [4.78, 5) is 18.8. The number of rotatable bonds is 3. The number of benzene rings is 2. The minimum absolute atomic E-state index is 0.0736. The molecular formula is C20H18ClN3O2. The smallest absolute Gasteiger partial charge is 0.232 e. The highest BCUT2D eigenvalue weighted by molar-refractivity contribution is 6.30. The van der Waals surface area contributed by atoms with Crippen LogP contribution in [0.2, 0.25) is 5.02 Å². The molecule has 4 rings (SSSR count). The normalized spacial score (nSPS) is 17.1. The molecule has 1 amide bonds. The summed E-state index contributed by atoms with van der Waals surface area (Å²) in [5.74, 6) is 0.977. The lowest BCUT2D eigenvalue weighted by molar-refractivity contribution is -0.117. The quantitative estimate of drug-likeness (QED) is 0.682. The van der Waals surface area contributed by atoms with Crippen LogP contribution < -0.4 is 4.90 Å². The molecule has 0 N–H and O–H groups in total. The van der Waals surface area contributed by atoms with Crippen molar-refractivity contribution in [2.75, 3.05) is 11.4 Å². The van der Waals surface area contributed by atoms with Crippen LogP contribution in [0.25, 0.3) is 11.4 Å². The van der Waals surface area contributed by atoms with Gasteiger partial charge in [0.15, 0.2) is 0 Å². The molecule has 1 fully saturated rings. The molecule has 132 valence electrons. The number of nitrogens with zero attached hydrogens (tertiary/aromatic N) is 3. The number of aryl methyl sites for hydroxylation is 2. The Morgan fingerprint density at radius 1 is 1.12 bits per heavy atom. The highest BCUT2D eigenvalue weighted by Crippen LogP contribution is 2.32. The van der Waals surface area contributed by atoms with Crippen molar-refractivity contribution in [2.45, 2.75) is 26.2 Å². The first-order valence-corrected chi connectivity index (χ1v) is 8.86. The van der Waals surface area contributed by atoms with Gasteiger partial charge in [-0.25, -0.2) is 0 Å². The third kappa shape index (κ3) is 3.10. The molecular weight excluding hydrogens is 350 g/mol. The van der Waals surface area contributed by atoms with Crippen LogP contribution in [-0.4, -0.2) is 22.6 Å². The first kappa shape index (κ1) is 16.8. The first-order chi connectivity index (χ1) is 12.5. The van der Waals surface area contributed by atoms with Crippen molar-refractivity contribution >= 4 is 23.2 Å². The molecule has 0 bridgehead atoms. The molecule has 0 saturated carbocycles. The van der Waals surface area contributed by atoms with E-state index in [9.17, 15) is 4.79 Å². The molecule has 1 saturated heterocycles. The number of amides is 1. The van der Waals surface area contributed by atoms with Crippen molar-refractivity contribution in [3.05, 3.63) is 64.5 Å². The number of hydrogen-bond donors (Lipinski definition) is 0. The van der Waals surface area contributed by atoms with E-state index in [0.29, 0.717) is 29.7 Å². The number of carbonyl (C=O) groups is 1. The van der Waals surface area contributed by atoms with Crippen LogP contribution in [0.3, 0.4) is 0 Å². The first-order valence-electron chi connectivity index (χ1n) is 8.48. The second kappa shape index (κ2) is 6.57. The predicted molar refractivity (Wildman–Crippen MR) is 100 cm³/mol. The maximum Gasteiger partial charge on any atom is 0.232 e. The Kier molecular flexibility index (Phi) is 4.24. The van der Waals surface area contributed by atoms with Gasteiger partial charge in [-0.05, 0) is 61.4 Å². The van der Waals surface area contributed by atoms with E-state index in [0.717, 1.165) is 11.3 Å². The second-order valence-electron chi connectivity index (χ2n) is 6.64. The lowest BCUT2D eigenvalue weighted by Gasteiger charge is -2.17. The summed E-state index contributed by atoms with van der Waals surface area (Å²) in [5.41, 5.74) is 4.13. The average molecular weight is 368 g/mol. The number of anilines is 1. The van der Waals surface area contributed by atoms with Gasteiger partial charge in [-0.3, -0.25) is 4.79 Å². The summed E-state index contributed by atoms with van der Waals surface area (Å²) in [6, 6.07) is 13.3. The van der Waals surface area contributed by atoms with Crippen molar-refractivity contribution in [1.82, 2.24) is 10.1 Å². The Morgan fingerprint density at radius 2 is 1.88 bits per heavy atom. The van der Waals surface area contributed by atoms with Crippen molar-refractivity contribution in [3.8, 4) is 11.4 Å². The highest BCUT2D eigenvalue weighted by atomic mass is 35.5. The second-order valence-corrected chi connectivity index (χ2v) is 7.07. The Hall–Kier alpha value is -2.66. The molecule has 2 aromatic carbocycles. The minimum atomic E-state index is -0.0994. The standard InChI is InChI=1S/C20H18ClN3O2/c1-12-3-8-17(9-13(12)2)24-11-15(10-18(24)25)20-22-19(23-26-20)14-4-6-16(21)7-5-14/h3-9,15H,10-11H2,1-2H3. The molecule has 1 aliphatic heterocycles. The van der Waals surface area contributed by atoms with Crippen LogP contribution in [0.4, 0.5) is 5.69 Å². The predicted octanol–water partition coefficient (Wildman–Crippen LogP) is 4.53. The number of carbonyl (C=O) groups excluding carboxylic acids is 1. The summed E-state index contributed by atoms with van der Waals surface area (Å²) in [6.07, 6.45) is 0.370. The molecule has 1 aliphatic rings. The van der Waals surface area contributed by atoms with Gasteiger partial charge in [0.2, 0.25) is 17.6 Å². The van der Waals surface area contributed by atoms with Gasteiger partial charge < -0.3 is 9.42 Å². The molecule has 0 spiro atoms.